The molecule has 2 heterocycles. The topological polar surface area (TPSA) is 54.3 Å². The van der Waals surface area contributed by atoms with E-state index in [1.165, 1.54) is 0 Å². The van der Waals surface area contributed by atoms with Crippen molar-refractivity contribution in [1.82, 2.24) is 10.6 Å². The molecule has 1 aromatic heterocycles. The SMILES string of the molecule is O=C(NC(c1ccccc1)c1ccco1)[C@H]1CCCCN1. The Kier molecular flexibility index (Phi) is 4.36. The van der Waals surface area contributed by atoms with E-state index in [4.69, 9.17) is 4.42 Å². The average molecular weight is 284 g/mol. The summed E-state index contributed by atoms with van der Waals surface area (Å²) < 4.78 is 5.50. The van der Waals surface area contributed by atoms with E-state index in [9.17, 15) is 4.79 Å². The van der Waals surface area contributed by atoms with E-state index in [1.54, 1.807) is 6.26 Å². The Hall–Kier alpha value is -2.07. The maximum atomic E-state index is 12.5. The van der Waals surface area contributed by atoms with Crippen LogP contribution >= 0.6 is 0 Å². The summed E-state index contributed by atoms with van der Waals surface area (Å²) in [7, 11) is 0. The highest BCUT2D eigenvalue weighted by atomic mass is 16.3. The molecule has 3 rings (SSSR count). The predicted octanol–water partition coefficient (Wildman–Crippen LogP) is 2.63. The molecule has 2 N–H and O–H groups in total. The molecule has 2 atom stereocenters. The van der Waals surface area contributed by atoms with Gasteiger partial charge in [0.05, 0.1) is 12.3 Å². The van der Waals surface area contributed by atoms with Crippen LogP contribution in [-0.2, 0) is 4.79 Å². The summed E-state index contributed by atoms with van der Waals surface area (Å²) >= 11 is 0. The van der Waals surface area contributed by atoms with Crippen LogP contribution in [0, 0.1) is 0 Å². The molecule has 4 nitrogen and oxygen atoms in total. The smallest absolute Gasteiger partial charge is 0.237 e. The third-order valence-electron chi connectivity index (χ3n) is 3.87. The molecular formula is C17H20N2O2. The van der Waals surface area contributed by atoms with Crippen molar-refractivity contribution < 1.29 is 9.21 Å². The Bertz CT molecular complexity index is 560. The lowest BCUT2D eigenvalue weighted by Gasteiger charge is -2.25. The molecule has 4 heteroatoms. The predicted molar refractivity (Wildman–Crippen MR) is 80.8 cm³/mol. The van der Waals surface area contributed by atoms with E-state index >= 15 is 0 Å². The second-order valence-electron chi connectivity index (χ2n) is 5.37. The van der Waals surface area contributed by atoms with Crippen molar-refractivity contribution in [3.05, 3.63) is 60.1 Å². The molecule has 0 radical (unpaired) electrons. The van der Waals surface area contributed by atoms with E-state index in [-0.39, 0.29) is 18.0 Å². The Morgan fingerprint density at radius 3 is 2.71 bits per heavy atom. The highest BCUT2D eigenvalue weighted by Crippen LogP contribution is 2.22. The number of piperidine rings is 1. The van der Waals surface area contributed by atoms with Gasteiger partial charge < -0.3 is 15.1 Å². The number of hydrogen-bond acceptors (Lipinski definition) is 3. The van der Waals surface area contributed by atoms with Crippen molar-refractivity contribution in [2.24, 2.45) is 0 Å². The molecule has 1 fully saturated rings. The van der Waals surface area contributed by atoms with Crippen molar-refractivity contribution in [2.45, 2.75) is 31.3 Å². The van der Waals surface area contributed by atoms with Crippen molar-refractivity contribution in [3.63, 3.8) is 0 Å². The molecule has 1 aromatic carbocycles. The molecule has 2 aromatic rings. The largest absolute Gasteiger partial charge is 0.467 e. The van der Waals surface area contributed by atoms with Gasteiger partial charge in [-0.25, -0.2) is 0 Å². The summed E-state index contributed by atoms with van der Waals surface area (Å²) in [6.45, 7) is 0.912. The van der Waals surface area contributed by atoms with Crippen molar-refractivity contribution in [2.75, 3.05) is 6.54 Å². The number of benzene rings is 1. The fraction of sp³-hybridized carbons (Fsp3) is 0.353. The Morgan fingerprint density at radius 2 is 2.05 bits per heavy atom. The van der Waals surface area contributed by atoms with Gasteiger partial charge in [-0.05, 0) is 37.1 Å². The Labute approximate surface area is 124 Å². The fourth-order valence-electron chi connectivity index (χ4n) is 2.74. The number of furan rings is 1. The van der Waals surface area contributed by atoms with Crippen LogP contribution < -0.4 is 10.6 Å². The third kappa shape index (κ3) is 3.34. The molecule has 0 bridgehead atoms. The van der Waals surface area contributed by atoms with Gasteiger partial charge in [0.1, 0.15) is 11.8 Å². The average Bonchev–Trinajstić information content (AvgIpc) is 3.08. The lowest BCUT2D eigenvalue weighted by molar-refractivity contribution is -0.124. The summed E-state index contributed by atoms with van der Waals surface area (Å²) in [5.74, 6) is 0.797. The van der Waals surface area contributed by atoms with Crippen LogP contribution in [0.2, 0.25) is 0 Å². The molecule has 1 saturated heterocycles. The molecular weight excluding hydrogens is 264 g/mol. The minimum atomic E-state index is -0.238. The molecule has 1 unspecified atom stereocenters. The lowest BCUT2D eigenvalue weighted by atomic mass is 10.0. The van der Waals surface area contributed by atoms with Crippen LogP contribution in [0.4, 0.5) is 0 Å². The second-order valence-corrected chi connectivity index (χ2v) is 5.37. The fourth-order valence-corrected chi connectivity index (χ4v) is 2.74. The number of nitrogens with one attached hydrogen (secondary N) is 2. The van der Waals surface area contributed by atoms with Gasteiger partial charge in [-0.1, -0.05) is 36.8 Å². The van der Waals surface area contributed by atoms with E-state index < -0.39 is 0 Å². The summed E-state index contributed by atoms with van der Waals surface area (Å²) in [6, 6.07) is 13.3. The highest BCUT2D eigenvalue weighted by Gasteiger charge is 2.25. The number of rotatable bonds is 4. The van der Waals surface area contributed by atoms with Crippen LogP contribution in [0.5, 0.6) is 0 Å². The zero-order chi connectivity index (χ0) is 14.5. The van der Waals surface area contributed by atoms with Crippen molar-refractivity contribution >= 4 is 5.91 Å². The molecule has 1 aliphatic heterocycles. The monoisotopic (exact) mass is 284 g/mol. The van der Waals surface area contributed by atoms with Crippen molar-refractivity contribution in [3.8, 4) is 0 Å². The van der Waals surface area contributed by atoms with Gasteiger partial charge in [-0.3, -0.25) is 4.79 Å². The van der Waals surface area contributed by atoms with Gasteiger partial charge in [0.15, 0.2) is 0 Å². The first-order valence-corrected chi connectivity index (χ1v) is 7.47. The van der Waals surface area contributed by atoms with Gasteiger partial charge in [0.25, 0.3) is 0 Å². The number of hydrogen-bond donors (Lipinski definition) is 2. The molecule has 0 saturated carbocycles. The van der Waals surface area contributed by atoms with Crippen LogP contribution in [-0.4, -0.2) is 18.5 Å². The maximum absolute atomic E-state index is 12.5. The molecule has 110 valence electrons. The minimum Gasteiger partial charge on any atom is -0.467 e. The number of amides is 1. The molecule has 0 aliphatic carbocycles. The zero-order valence-electron chi connectivity index (χ0n) is 11.9. The summed E-state index contributed by atoms with van der Waals surface area (Å²) in [4.78, 5) is 12.5. The van der Waals surface area contributed by atoms with Crippen LogP contribution in [0.1, 0.15) is 36.6 Å². The molecule has 0 spiro atoms. The second kappa shape index (κ2) is 6.59. The lowest BCUT2D eigenvalue weighted by Crippen LogP contribution is -2.47. The van der Waals surface area contributed by atoms with Crippen LogP contribution in [0.25, 0.3) is 0 Å². The highest BCUT2D eigenvalue weighted by molar-refractivity contribution is 5.82. The van der Waals surface area contributed by atoms with Gasteiger partial charge >= 0.3 is 0 Å². The van der Waals surface area contributed by atoms with E-state index in [0.29, 0.717) is 0 Å². The first-order valence-electron chi connectivity index (χ1n) is 7.47. The number of carbonyl (C=O) groups excluding carboxylic acids is 1. The Morgan fingerprint density at radius 1 is 1.19 bits per heavy atom. The van der Waals surface area contributed by atoms with E-state index in [2.05, 4.69) is 10.6 Å². The van der Waals surface area contributed by atoms with Gasteiger partial charge in [-0.2, -0.15) is 0 Å². The van der Waals surface area contributed by atoms with Crippen LogP contribution in [0.15, 0.2) is 53.1 Å². The molecule has 1 amide bonds. The quantitative estimate of drug-likeness (QED) is 0.907. The zero-order valence-corrected chi connectivity index (χ0v) is 11.9. The number of carbonyl (C=O) groups is 1. The van der Waals surface area contributed by atoms with Gasteiger partial charge in [0.2, 0.25) is 5.91 Å². The Balaban J connectivity index is 1.78. The van der Waals surface area contributed by atoms with Gasteiger partial charge in [0, 0.05) is 0 Å². The summed E-state index contributed by atoms with van der Waals surface area (Å²) in [5, 5.41) is 6.39. The summed E-state index contributed by atoms with van der Waals surface area (Å²) in [6.07, 6.45) is 4.77. The standard InChI is InChI=1S/C17H20N2O2/c20-17(14-9-4-5-11-18-14)19-16(15-10-6-12-21-15)13-7-2-1-3-8-13/h1-3,6-8,10,12,14,16,18H,4-5,9,11H2,(H,19,20)/t14-,16?/m1/s1. The van der Waals surface area contributed by atoms with E-state index in [0.717, 1.165) is 37.1 Å². The van der Waals surface area contributed by atoms with Crippen molar-refractivity contribution in [1.29, 1.82) is 0 Å². The van der Waals surface area contributed by atoms with Gasteiger partial charge in [-0.15, -0.1) is 0 Å². The molecule has 1 aliphatic rings. The first-order chi connectivity index (χ1) is 10.3. The normalized spacial score (nSPS) is 19.9. The third-order valence-corrected chi connectivity index (χ3v) is 3.87. The maximum Gasteiger partial charge on any atom is 0.237 e. The first kappa shape index (κ1) is 13.9. The minimum absolute atomic E-state index is 0.0416. The van der Waals surface area contributed by atoms with E-state index in [1.807, 2.05) is 42.5 Å². The summed E-state index contributed by atoms with van der Waals surface area (Å²) in [5.41, 5.74) is 1.02. The molecule has 21 heavy (non-hydrogen) atoms. The van der Waals surface area contributed by atoms with Crippen LogP contribution in [0.3, 0.4) is 0 Å².